The number of halogens is 1. The van der Waals surface area contributed by atoms with Gasteiger partial charge in [0.05, 0.1) is 5.56 Å². The van der Waals surface area contributed by atoms with Gasteiger partial charge in [-0.2, -0.15) is 0 Å². The van der Waals surface area contributed by atoms with E-state index >= 15 is 0 Å². The molecule has 0 unspecified atom stereocenters. The number of carbonyl (C=O) groups excluding carboxylic acids is 1. The number of ketones is 1. The number of rotatable bonds is 1. The van der Waals surface area contributed by atoms with Gasteiger partial charge in [0, 0.05) is 10.4 Å². The molecule has 1 aromatic carbocycles. The molecule has 2 nitrogen and oxygen atoms in total. The van der Waals surface area contributed by atoms with Crippen LogP contribution < -0.4 is 0 Å². The molecule has 2 aromatic rings. The first-order valence-corrected chi connectivity index (χ1v) is 4.66. The van der Waals surface area contributed by atoms with Crippen molar-refractivity contribution >= 4 is 28.4 Å². The summed E-state index contributed by atoms with van der Waals surface area (Å²) in [7, 11) is 0. The summed E-state index contributed by atoms with van der Waals surface area (Å²) in [5.74, 6) is 0.747. The Bertz CT molecular complexity index is 511. The van der Waals surface area contributed by atoms with E-state index in [2.05, 4.69) is 0 Å². The summed E-state index contributed by atoms with van der Waals surface area (Å²) in [4.78, 5) is 11.3. The third-order valence-electron chi connectivity index (χ3n) is 2.08. The van der Waals surface area contributed by atoms with Crippen LogP contribution in [0.5, 0.6) is 0 Å². The zero-order valence-corrected chi connectivity index (χ0v) is 8.68. The highest BCUT2D eigenvalue weighted by atomic mass is 35.5. The molecule has 72 valence electrons. The molecule has 0 spiro atoms. The second kappa shape index (κ2) is 3.14. The minimum Gasteiger partial charge on any atom is -0.461 e. The number of hydrogen-bond donors (Lipinski definition) is 0. The number of aryl methyl sites for hydroxylation is 1. The van der Waals surface area contributed by atoms with Crippen molar-refractivity contribution in [3.8, 4) is 0 Å². The maximum atomic E-state index is 11.3. The van der Waals surface area contributed by atoms with Crippen LogP contribution in [0.4, 0.5) is 0 Å². The van der Waals surface area contributed by atoms with Gasteiger partial charge in [0.2, 0.25) is 0 Å². The molecule has 0 aliphatic rings. The predicted molar refractivity (Wildman–Crippen MR) is 56.0 cm³/mol. The Morgan fingerprint density at radius 2 is 2.07 bits per heavy atom. The van der Waals surface area contributed by atoms with Crippen molar-refractivity contribution in [3.05, 3.63) is 34.5 Å². The Morgan fingerprint density at radius 1 is 1.36 bits per heavy atom. The lowest BCUT2D eigenvalue weighted by molar-refractivity contribution is 0.101. The fraction of sp³-hybridized carbons (Fsp3) is 0.182. The van der Waals surface area contributed by atoms with Crippen LogP contribution in [0.25, 0.3) is 11.0 Å². The minimum atomic E-state index is -0.0353. The Labute approximate surface area is 86.5 Å². The number of Topliss-reactive ketones (excluding diaryl/α,β-unsaturated/α-hetero) is 1. The van der Waals surface area contributed by atoms with Crippen LogP contribution in [-0.4, -0.2) is 5.78 Å². The smallest absolute Gasteiger partial charge is 0.163 e. The average Bonchev–Trinajstić information content (AvgIpc) is 2.42. The molecule has 0 saturated carbocycles. The second-order valence-electron chi connectivity index (χ2n) is 3.28. The van der Waals surface area contributed by atoms with E-state index in [0.717, 1.165) is 11.1 Å². The topological polar surface area (TPSA) is 30.2 Å². The summed E-state index contributed by atoms with van der Waals surface area (Å²) in [6, 6.07) is 5.29. The van der Waals surface area contributed by atoms with E-state index in [1.165, 1.54) is 6.92 Å². The quantitative estimate of drug-likeness (QED) is 0.671. The standard InChI is InChI=1S/C11H9ClO2/c1-6-3-8-4-9(12)5-10(7(2)13)11(8)14-6/h3-5H,1-2H3. The fourth-order valence-electron chi connectivity index (χ4n) is 1.51. The van der Waals surface area contributed by atoms with E-state index in [-0.39, 0.29) is 5.78 Å². The molecule has 3 heteroatoms. The summed E-state index contributed by atoms with van der Waals surface area (Å²) in [6.07, 6.45) is 0. The zero-order chi connectivity index (χ0) is 10.3. The molecule has 0 N–H and O–H groups in total. The molecular formula is C11H9ClO2. The van der Waals surface area contributed by atoms with Crippen molar-refractivity contribution in [2.45, 2.75) is 13.8 Å². The van der Waals surface area contributed by atoms with Crippen LogP contribution in [0.2, 0.25) is 5.02 Å². The van der Waals surface area contributed by atoms with Crippen LogP contribution >= 0.6 is 11.6 Å². The molecule has 0 aliphatic carbocycles. The van der Waals surface area contributed by atoms with Crippen LogP contribution in [0.1, 0.15) is 23.0 Å². The Hall–Kier alpha value is -1.28. The van der Waals surface area contributed by atoms with Crippen LogP contribution in [0.3, 0.4) is 0 Å². The largest absolute Gasteiger partial charge is 0.461 e. The molecule has 0 bridgehead atoms. The highest BCUT2D eigenvalue weighted by Gasteiger charge is 2.11. The number of carbonyl (C=O) groups is 1. The van der Waals surface area contributed by atoms with Crippen molar-refractivity contribution in [2.75, 3.05) is 0 Å². The molecule has 0 saturated heterocycles. The Kier molecular flexibility index (Phi) is 2.08. The van der Waals surface area contributed by atoms with Crippen molar-refractivity contribution in [1.82, 2.24) is 0 Å². The van der Waals surface area contributed by atoms with E-state index < -0.39 is 0 Å². The van der Waals surface area contributed by atoms with Crippen molar-refractivity contribution in [1.29, 1.82) is 0 Å². The van der Waals surface area contributed by atoms with Crippen LogP contribution in [0.15, 0.2) is 22.6 Å². The van der Waals surface area contributed by atoms with Crippen LogP contribution in [0, 0.1) is 6.92 Å². The first kappa shape index (κ1) is 9.28. The van der Waals surface area contributed by atoms with Gasteiger partial charge in [0.15, 0.2) is 5.78 Å². The summed E-state index contributed by atoms with van der Waals surface area (Å²) in [6.45, 7) is 3.35. The molecule has 1 heterocycles. The molecule has 0 fully saturated rings. The van der Waals surface area contributed by atoms with Gasteiger partial charge >= 0.3 is 0 Å². The van der Waals surface area contributed by atoms with Gasteiger partial charge in [-0.1, -0.05) is 11.6 Å². The number of fused-ring (bicyclic) bond motifs is 1. The first-order valence-electron chi connectivity index (χ1n) is 4.28. The summed E-state index contributed by atoms with van der Waals surface area (Å²) >= 11 is 5.88. The van der Waals surface area contributed by atoms with E-state index in [1.807, 2.05) is 13.0 Å². The predicted octanol–water partition coefficient (Wildman–Crippen LogP) is 3.60. The van der Waals surface area contributed by atoms with Gasteiger partial charge in [0.25, 0.3) is 0 Å². The van der Waals surface area contributed by atoms with E-state index in [0.29, 0.717) is 16.2 Å². The molecule has 0 aliphatic heterocycles. The van der Waals surface area contributed by atoms with Gasteiger partial charge < -0.3 is 4.42 Å². The van der Waals surface area contributed by atoms with Gasteiger partial charge in [-0.15, -0.1) is 0 Å². The molecular weight excluding hydrogens is 200 g/mol. The maximum Gasteiger partial charge on any atom is 0.163 e. The molecule has 0 radical (unpaired) electrons. The van der Waals surface area contributed by atoms with Gasteiger partial charge in [0.1, 0.15) is 11.3 Å². The third kappa shape index (κ3) is 1.42. The maximum absolute atomic E-state index is 11.3. The summed E-state index contributed by atoms with van der Waals surface area (Å²) in [5, 5.41) is 1.43. The van der Waals surface area contributed by atoms with Crippen molar-refractivity contribution in [3.63, 3.8) is 0 Å². The molecule has 14 heavy (non-hydrogen) atoms. The van der Waals surface area contributed by atoms with Crippen molar-refractivity contribution < 1.29 is 9.21 Å². The summed E-state index contributed by atoms with van der Waals surface area (Å²) in [5.41, 5.74) is 1.17. The van der Waals surface area contributed by atoms with Crippen molar-refractivity contribution in [2.24, 2.45) is 0 Å². The van der Waals surface area contributed by atoms with E-state index in [1.54, 1.807) is 12.1 Å². The Morgan fingerprint density at radius 3 is 2.71 bits per heavy atom. The lowest BCUT2D eigenvalue weighted by atomic mass is 10.1. The normalized spacial score (nSPS) is 10.8. The number of furan rings is 1. The lowest BCUT2D eigenvalue weighted by Crippen LogP contribution is -1.91. The Balaban J connectivity index is 2.85. The highest BCUT2D eigenvalue weighted by Crippen LogP contribution is 2.27. The van der Waals surface area contributed by atoms with E-state index in [9.17, 15) is 4.79 Å². The molecule has 1 aromatic heterocycles. The van der Waals surface area contributed by atoms with E-state index in [4.69, 9.17) is 16.0 Å². The highest BCUT2D eigenvalue weighted by molar-refractivity contribution is 6.32. The third-order valence-corrected chi connectivity index (χ3v) is 2.30. The van der Waals surface area contributed by atoms with Gasteiger partial charge in [-0.25, -0.2) is 0 Å². The average molecular weight is 209 g/mol. The minimum absolute atomic E-state index is 0.0353. The molecule has 0 atom stereocenters. The van der Waals surface area contributed by atoms with Gasteiger partial charge in [-0.3, -0.25) is 4.79 Å². The van der Waals surface area contributed by atoms with Crippen LogP contribution in [-0.2, 0) is 0 Å². The molecule has 2 rings (SSSR count). The number of hydrogen-bond acceptors (Lipinski definition) is 2. The second-order valence-corrected chi connectivity index (χ2v) is 3.72. The van der Waals surface area contributed by atoms with Gasteiger partial charge in [-0.05, 0) is 32.0 Å². The zero-order valence-electron chi connectivity index (χ0n) is 7.93. The lowest BCUT2D eigenvalue weighted by Gasteiger charge is -1.97. The first-order chi connectivity index (χ1) is 6.58. The molecule has 0 amide bonds. The summed E-state index contributed by atoms with van der Waals surface area (Å²) < 4.78 is 5.44. The fourth-order valence-corrected chi connectivity index (χ4v) is 1.73. The SMILES string of the molecule is CC(=O)c1cc(Cl)cc2cc(C)oc12. The monoisotopic (exact) mass is 208 g/mol. The number of benzene rings is 1.